The number of carbonyl (C=O) groups is 2. The second-order valence-electron chi connectivity index (χ2n) is 5.74. The Kier molecular flexibility index (Phi) is 4.65. The van der Waals surface area contributed by atoms with Crippen molar-refractivity contribution in [1.29, 1.82) is 0 Å². The molecule has 1 aromatic rings. The predicted molar refractivity (Wildman–Crippen MR) is 79.7 cm³/mol. The maximum atomic E-state index is 12.4. The molecule has 0 N–H and O–H groups in total. The Morgan fingerprint density at radius 2 is 2.19 bits per heavy atom. The van der Waals surface area contributed by atoms with Gasteiger partial charge in [0.15, 0.2) is 0 Å². The van der Waals surface area contributed by atoms with E-state index < -0.39 is 0 Å². The van der Waals surface area contributed by atoms with E-state index in [1.165, 1.54) is 0 Å². The minimum absolute atomic E-state index is 0.0563. The van der Waals surface area contributed by atoms with Gasteiger partial charge in [0, 0.05) is 38.8 Å². The Balaban J connectivity index is 1.88. The first-order valence-electron chi connectivity index (χ1n) is 7.46. The smallest absolute Gasteiger partial charge is 0.227 e. The lowest BCUT2D eigenvalue weighted by Gasteiger charge is -2.21. The lowest BCUT2D eigenvalue weighted by molar-refractivity contribution is -0.134. The molecule has 0 radical (unpaired) electrons. The topological polar surface area (TPSA) is 58.4 Å². The van der Waals surface area contributed by atoms with Crippen molar-refractivity contribution in [3.8, 4) is 0 Å². The summed E-state index contributed by atoms with van der Waals surface area (Å²) in [5.74, 6) is -0.0495. The number of hydrogen-bond acceptors (Lipinski definition) is 3. The van der Waals surface area contributed by atoms with Crippen LogP contribution >= 0.6 is 0 Å². The summed E-state index contributed by atoms with van der Waals surface area (Å²) in [7, 11) is 1.80. The molecule has 1 aliphatic rings. The highest BCUT2D eigenvalue weighted by molar-refractivity contribution is 5.89. The summed E-state index contributed by atoms with van der Waals surface area (Å²) in [4.78, 5) is 27.6. The van der Waals surface area contributed by atoms with Crippen LogP contribution in [0, 0.1) is 19.8 Å². The van der Waals surface area contributed by atoms with E-state index in [1.807, 2.05) is 31.5 Å². The number of amides is 2. The molecular formula is C15H24N4O2. The molecule has 0 spiro atoms. The minimum Gasteiger partial charge on any atom is -0.344 e. The fourth-order valence-corrected chi connectivity index (χ4v) is 2.81. The number of rotatable bonds is 5. The summed E-state index contributed by atoms with van der Waals surface area (Å²) in [5, 5.41) is 4.39. The van der Waals surface area contributed by atoms with Gasteiger partial charge in [0.1, 0.15) is 0 Å². The Morgan fingerprint density at radius 3 is 2.71 bits per heavy atom. The van der Waals surface area contributed by atoms with Crippen molar-refractivity contribution in [3.05, 3.63) is 17.5 Å². The molecule has 2 rings (SSSR count). The molecule has 0 aliphatic carbocycles. The van der Waals surface area contributed by atoms with Gasteiger partial charge in [-0.15, -0.1) is 0 Å². The highest BCUT2D eigenvalue weighted by Gasteiger charge is 2.34. The van der Waals surface area contributed by atoms with Gasteiger partial charge >= 0.3 is 0 Å². The van der Waals surface area contributed by atoms with Crippen LogP contribution in [0.25, 0.3) is 0 Å². The quantitative estimate of drug-likeness (QED) is 0.807. The van der Waals surface area contributed by atoms with Gasteiger partial charge in [-0.1, -0.05) is 0 Å². The normalized spacial score (nSPS) is 18.4. The highest BCUT2D eigenvalue weighted by Crippen LogP contribution is 2.19. The second-order valence-corrected chi connectivity index (χ2v) is 5.74. The van der Waals surface area contributed by atoms with Crippen LogP contribution in [0.4, 0.5) is 0 Å². The first kappa shape index (κ1) is 15.5. The molecule has 0 bridgehead atoms. The molecule has 1 fully saturated rings. The highest BCUT2D eigenvalue weighted by atomic mass is 16.2. The van der Waals surface area contributed by atoms with E-state index in [9.17, 15) is 9.59 Å². The van der Waals surface area contributed by atoms with Gasteiger partial charge < -0.3 is 9.80 Å². The maximum Gasteiger partial charge on any atom is 0.227 e. The van der Waals surface area contributed by atoms with Crippen LogP contribution in [-0.2, 0) is 16.1 Å². The summed E-state index contributed by atoms with van der Waals surface area (Å²) in [6.45, 7) is 8.43. The van der Waals surface area contributed by atoms with Crippen LogP contribution in [-0.4, -0.2) is 58.1 Å². The van der Waals surface area contributed by atoms with Crippen LogP contribution in [0.15, 0.2) is 6.07 Å². The SMILES string of the molecule is CCN1C[C@@H](C(=O)N(C)CCn2nc(C)cc2C)CC1=O. The van der Waals surface area contributed by atoms with Crippen LogP contribution in [0.1, 0.15) is 24.7 Å². The monoisotopic (exact) mass is 292 g/mol. The largest absolute Gasteiger partial charge is 0.344 e. The van der Waals surface area contributed by atoms with E-state index >= 15 is 0 Å². The fourth-order valence-electron chi connectivity index (χ4n) is 2.81. The molecule has 2 amide bonds. The van der Waals surface area contributed by atoms with Gasteiger partial charge in [0.05, 0.1) is 18.2 Å². The number of carbonyl (C=O) groups excluding carboxylic acids is 2. The van der Waals surface area contributed by atoms with E-state index in [2.05, 4.69) is 5.10 Å². The lowest BCUT2D eigenvalue weighted by atomic mass is 10.1. The third-order valence-corrected chi connectivity index (χ3v) is 4.07. The summed E-state index contributed by atoms with van der Waals surface area (Å²) < 4.78 is 1.91. The van der Waals surface area contributed by atoms with Crippen molar-refractivity contribution in [2.24, 2.45) is 5.92 Å². The zero-order valence-corrected chi connectivity index (χ0v) is 13.3. The van der Waals surface area contributed by atoms with Gasteiger partial charge in [0.2, 0.25) is 11.8 Å². The van der Waals surface area contributed by atoms with Crippen molar-refractivity contribution in [3.63, 3.8) is 0 Å². The van der Waals surface area contributed by atoms with Crippen LogP contribution < -0.4 is 0 Å². The molecule has 2 heterocycles. The number of likely N-dealkylation sites (N-methyl/N-ethyl adjacent to an activating group) is 1. The predicted octanol–water partition coefficient (Wildman–Crippen LogP) is 0.827. The van der Waals surface area contributed by atoms with Crippen molar-refractivity contribution in [2.45, 2.75) is 33.7 Å². The number of likely N-dealkylation sites (tertiary alicyclic amines) is 1. The van der Waals surface area contributed by atoms with Crippen molar-refractivity contribution < 1.29 is 9.59 Å². The average molecular weight is 292 g/mol. The third kappa shape index (κ3) is 3.43. The van der Waals surface area contributed by atoms with E-state index in [4.69, 9.17) is 0 Å². The molecule has 1 atom stereocenters. The Morgan fingerprint density at radius 1 is 1.48 bits per heavy atom. The Bertz CT molecular complexity index is 538. The van der Waals surface area contributed by atoms with Crippen molar-refractivity contribution >= 4 is 11.8 Å². The van der Waals surface area contributed by atoms with Crippen LogP contribution in [0.2, 0.25) is 0 Å². The summed E-state index contributed by atoms with van der Waals surface area (Å²) in [6, 6.07) is 2.02. The minimum atomic E-state index is -0.192. The molecule has 6 heteroatoms. The molecule has 0 unspecified atom stereocenters. The number of nitrogens with zero attached hydrogens (tertiary/aromatic N) is 4. The molecule has 1 aromatic heterocycles. The molecule has 0 saturated carbocycles. The average Bonchev–Trinajstić information content (AvgIpc) is 2.97. The zero-order chi connectivity index (χ0) is 15.6. The first-order chi connectivity index (χ1) is 9.92. The molecule has 21 heavy (non-hydrogen) atoms. The summed E-state index contributed by atoms with van der Waals surface area (Å²) in [6.07, 6.45) is 0.344. The molecule has 1 saturated heterocycles. The van der Waals surface area contributed by atoms with Gasteiger partial charge in [0.25, 0.3) is 0 Å². The van der Waals surface area contributed by atoms with E-state index in [-0.39, 0.29) is 17.7 Å². The summed E-state index contributed by atoms with van der Waals surface area (Å²) >= 11 is 0. The standard InChI is InChI=1S/C15H24N4O2/c1-5-18-10-13(9-14(18)20)15(21)17(4)6-7-19-12(3)8-11(2)16-19/h8,13H,5-7,9-10H2,1-4H3/t13-/m0/s1. The number of aromatic nitrogens is 2. The first-order valence-corrected chi connectivity index (χ1v) is 7.46. The van der Waals surface area contributed by atoms with Gasteiger partial charge in [-0.2, -0.15) is 5.10 Å². The molecule has 0 aromatic carbocycles. The van der Waals surface area contributed by atoms with E-state index in [0.29, 0.717) is 32.6 Å². The van der Waals surface area contributed by atoms with Gasteiger partial charge in [-0.05, 0) is 26.8 Å². The fraction of sp³-hybridized carbons (Fsp3) is 0.667. The molecular weight excluding hydrogens is 268 g/mol. The Hall–Kier alpha value is -1.85. The number of aryl methyl sites for hydroxylation is 2. The third-order valence-electron chi connectivity index (χ3n) is 4.07. The summed E-state index contributed by atoms with van der Waals surface area (Å²) in [5.41, 5.74) is 2.09. The van der Waals surface area contributed by atoms with Crippen LogP contribution in [0.5, 0.6) is 0 Å². The van der Waals surface area contributed by atoms with Crippen LogP contribution in [0.3, 0.4) is 0 Å². The van der Waals surface area contributed by atoms with Crippen molar-refractivity contribution in [1.82, 2.24) is 19.6 Å². The van der Waals surface area contributed by atoms with Crippen molar-refractivity contribution in [2.75, 3.05) is 26.7 Å². The zero-order valence-electron chi connectivity index (χ0n) is 13.3. The number of hydrogen-bond donors (Lipinski definition) is 0. The molecule has 1 aliphatic heterocycles. The van der Waals surface area contributed by atoms with Gasteiger partial charge in [-0.3, -0.25) is 14.3 Å². The van der Waals surface area contributed by atoms with Gasteiger partial charge in [-0.25, -0.2) is 0 Å². The lowest BCUT2D eigenvalue weighted by Crippen LogP contribution is -2.36. The van der Waals surface area contributed by atoms with E-state index in [0.717, 1.165) is 11.4 Å². The Labute approximate surface area is 125 Å². The van der Waals surface area contributed by atoms with E-state index in [1.54, 1.807) is 16.8 Å². The maximum absolute atomic E-state index is 12.4. The molecule has 116 valence electrons. The second kappa shape index (κ2) is 6.28. The molecule has 6 nitrogen and oxygen atoms in total.